The molecule has 1 aliphatic carbocycles. The normalized spacial score (nSPS) is 22.5. The van der Waals surface area contributed by atoms with Crippen LogP contribution in [0.1, 0.15) is 52.0 Å². The van der Waals surface area contributed by atoms with Crippen molar-refractivity contribution in [3.8, 4) is 5.75 Å². The molecule has 1 fully saturated rings. The Balaban J connectivity index is 2.00. The number of rotatable bonds is 6. The Bertz CT molecular complexity index is 447. The lowest BCUT2D eigenvalue weighted by Gasteiger charge is -2.28. The summed E-state index contributed by atoms with van der Waals surface area (Å²) < 4.78 is 19.7. The Morgan fingerprint density at radius 3 is 2.86 bits per heavy atom. The molecule has 2 unspecified atom stereocenters. The van der Waals surface area contributed by atoms with E-state index < -0.39 is 0 Å². The molecule has 0 aromatic heterocycles. The SMILES string of the molecule is CC(C)CNCc1cc(F)ccc1OC1CCCC(C)C1. The zero-order valence-corrected chi connectivity index (χ0v) is 13.5. The maximum atomic E-state index is 13.5. The van der Waals surface area contributed by atoms with Gasteiger partial charge in [-0.15, -0.1) is 0 Å². The first-order valence-corrected chi connectivity index (χ1v) is 8.20. The van der Waals surface area contributed by atoms with Crippen LogP contribution >= 0.6 is 0 Å². The van der Waals surface area contributed by atoms with Crippen molar-refractivity contribution in [2.75, 3.05) is 6.54 Å². The fourth-order valence-corrected chi connectivity index (χ4v) is 2.96. The number of ether oxygens (including phenoxy) is 1. The van der Waals surface area contributed by atoms with Crippen molar-refractivity contribution < 1.29 is 9.13 Å². The molecule has 0 amide bonds. The highest BCUT2D eigenvalue weighted by molar-refractivity contribution is 5.34. The summed E-state index contributed by atoms with van der Waals surface area (Å²) in [6.45, 7) is 8.20. The van der Waals surface area contributed by atoms with Gasteiger partial charge in [0.2, 0.25) is 0 Å². The smallest absolute Gasteiger partial charge is 0.124 e. The molecule has 1 N–H and O–H groups in total. The number of hydrogen-bond donors (Lipinski definition) is 1. The van der Waals surface area contributed by atoms with Gasteiger partial charge in [-0.2, -0.15) is 0 Å². The minimum absolute atomic E-state index is 0.194. The molecule has 21 heavy (non-hydrogen) atoms. The van der Waals surface area contributed by atoms with Crippen LogP contribution in [0.25, 0.3) is 0 Å². The first-order chi connectivity index (χ1) is 10.0. The van der Waals surface area contributed by atoms with E-state index in [4.69, 9.17) is 4.74 Å². The number of benzene rings is 1. The van der Waals surface area contributed by atoms with Crippen LogP contribution in [-0.2, 0) is 6.54 Å². The van der Waals surface area contributed by atoms with Gasteiger partial charge in [-0.25, -0.2) is 4.39 Å². The van der Waals surface area contributed by atoms with Gasteiger partial charge in [-0.3, -0.25) is 0 Å². The third kappa shape index (κ3) is 5.31. The zero-order valence-electron chi connectivity index (χ0n) is 13.5. The molecule has 1 aliphatic rings. The standard InChI is InChI=1S/C18H28FNO/c1-13(2)11-20-12-15-10-16(19)7-8-18(15)21-17-6-4-5-14(3)9-17/h7-8,10,13-14,17,20H,4-6,9,11-12H2,1-3H3. The highest BCUT2D eigenvalue weighted by Crippen LogP contribution is 2.29. The lowest BCUT2D eigenvalue weighted by Crippen LogP contribution is -2.25. The molecule has 1 saturated carbocycles. The van der Waals surface area contributed by atoms with Crippen molar-refractivity contribution in [1.82, 2.24) is 5.32 Å². The molecular formula is C18H28FNO. The van der Waals surface area contributed by atoms with E-state index in [1.807, 2.05) is 0 Å². The molecule has 2 nitrogen and oxygen atoms in total. The summed E-state index contributed by atoms with van der Waals surface area (Å²) in [4.78, 5) is 0. The Morgan fingerprint density at radius 1 is 1.33 bits per heavy atom. The molecule has 0 aliphatic heterocycles. The molecular weight excluding hydrogens is 265 g/mol. The summed E-state index contributed by atoms with van der Waals surface area (Å²) in [6, 6.07) is 4.86. The monoisotopic (exact) mass is 293 g/mol. The topological polar surface area (TPSA) is 21.3 Å². The van der Waals surface area contributed by atoms with Crippen LogP contribution in [0, 0.1) is 17.7 Å². The zero-order chi connectivity index (χ0) is 15.2. The maximum absolute atomic E-state index is 13.5. The van der Waals surface area contributed by atoms with Crippen molar-refractivity contribution in [3.05, 3.63) is 29.6 Å². The summed E-state index contributed by atoms with van der Waals surface area (Å²) in [5, 5.41) is 3.37. The maximum Gasteiger partial charge on any atom is 0.124 e. The van der Waals surface area contributed by atoms with Gasteiger partial charge >= 0.3 is 0 Å². The number of halogens is 1. The van der Waals surface area contributed by atoms with E-state index in [1.54, 1.807) is 12.1 Å². The Labute approximate surface area is 128 Å². The summed E-state index contributed by atoms with van der Waals surface area (Å²) >= 11 is 0. The van der Waals surface area contributed by atoms with Crippen molar-refractivity contribution in [2.45, 2.75) is 59.1 Å². The first-order valence-electron chi connectivity index (χ1n) is 8.20. The molecule has 0 radical (unpaired) electrons. The molecule has 1 aromatic carbocycles. The predicted molar refractivity (Wildman–Crippen MR) is 85.0 cm³/mol. The molecule has 0 bridgehead atoms. The van der Waals surface area contributed by atoms with Gasteiger partial charge in [-0.1, -0.05) is 27.2 Å². The van der Waals surface area contributed by atoms with Crippen LogP contribution in [0.3, 0.4) is 0 Å². The third-order valence-corrected chi connectivity index (χ3v) is 4.07. The van der Waals surface area contributed by atoms with E-state index >= 15 is 0 Å². The fraction of sp³-hybridized carbons (Fsp3) is 0.667. The second-order valence-corrected chi connectivity index (χ2v) is 6.79. The van der Waals surface area contributed by atoms with E-state index in [0.717, 1.165) is 36.6 Å². The Hall–Kier alpha value is -1.09. The van der Waals surface area contributed by atoms with E-state index in [2.05, 4.69) is 26.1 Å². The second kappa shape index (κ2) is 7.79. The van der Waals surface area contributed by atoms with Gasteiger partial charge in [0.25, 0.3) is 0 Å². The minimum Gasteiger partial charge on any atom is -0.490 e. The van der Waals surface area contributed by atoms with Crippen LogP contribution in [0.4, 0.5) is 4.39 Å². The van der Waals surface area contributed by atoms with E-state index in [1.165, 1.54) is 18.9 Å². The Morgan fingerprint density at radius 2 is 2.14 bits per heavy atom. The molecule has 0 spiro atoms. The average molecular weight is 293 g/mol. The fourth-order valence-electron chi connectivity index (χ4n) is 2.96. The first kappa shape index (κ1) is 16.3. The number of nitrogens with one attached hydrogen (secondary N) is 1. The van der Waals surface area contributed by atoms with Gasteiger partial charge in [0.1, 0.15) is 11.6 Å². The average Bonchev–Trinajstić information content (AvgIpc) is 2.41. The van der Waals surface area contributed by atoms with Crippen molar-refractivity contribution in [3.63, 3.8) is 0 Å². The van der Waals surface area contributed by atoms with Gasteiger partial charge in [0.05, 0.1) is 6.10 Å². The van der Waals surface area contributed by atoms with Crippen molar-refractivity contribution in [1.29, 1.82) is 0 Å². The molecule has 1 aromatic rings. The van der Waals surface area contributed by atoms with Crippen LogP contribution < -0.4 is 10.1 Å². The quantitative estimate of drug-likeness (QED) is 0.832. The highest BCUT2D eigenvalue weighted by Gasteiger charge is 2.21. The summed E-state index contributed by atoms with van der Waals surface area (Å²) in [7, 11) is 0. The van der Waals surface area contributed by atoms with Crippen LogP contribution in [0.15, 0.2) is 18.2 Å². The van der Waals surface area contributed by atoms with E-state index in [9.17, 15) is 4.39 Å². The lowest BCUT2D eigenvalue weighted by atomic mass is 9.88. The molecule has 2 atom stereocenters. The molecule has 2 rings (SSSR count). The lowest BCUT2D eigenvalue weighted by molar-refractivity contribution is 0.127. The third-order valence-electron chi connectivity index (χ3n) is 4.07. The largest absolute Gasteiger partial charge is 0.490 e. The number of hydrogen-bond acceptors (Lipinski definition) is 2. The van der Waals surface area contributed by atoms with Crippen LogP contribution in [0.5, 0.6) is 5.75 Å². The van der Waals surface area contributed by atoms with Gasteiger partial charge in [-0.05, 0) is 55.8 Å². The summed E-state index contributed by atoms with van der Waals surface area (Å²) in [5.41, 5.74) is 0.925. The predicted octanol–water partition coefficient (Wildman–Crippen LogP) is 4.53. The summed E-state index contributed by atoms with van der Waals surface area (Å²) in [6.07, 6.45) is 5.03. The molecule has 0 heterocycles. The molecule has 3 heteroatoms. The second-order valence-electron chi connectivity index (χ2n) is 6.79. The van der Waals surface area contributed by atoms with Crippen LogP contribution in [-0.4, -0.2) is 12.6 Å². The van der Waals surface area contributed by atoms with Crippen molar-refractivity contribution in [2.24, 2.45) is 11.8 Å². The minimum atomic E-state index is -0.194. The summed E-state index contributed by atoms with van der Waals surface area (Å²) in [5.74, 6) is 1.96. The van der Waals surface area contributed by atoms with E-state index in [-0.39, 0.29) is 11.9 Å². The van der Waals surface area contributed by atoms with E-state index in [0.29, 0.717) is 12.5 Å². The van der Waals surface area contributed by atoms with Crippen LogP contribution in [0.2, 0.25) is 0 Å². The van der Waals surface area contributed by atoms with Gasteiger partial charge < -0.3 is 10.1 Å². The Kier molecular flexibility index (Phi) is 6.04. The van der Waals surface area contributed by atoms with Gasteiger partial charge in [0.15, 0.2) is 0 Å². The molecule has 0 saturated heterocycles. The highest BCUT2D eigenvalue weighted by atomic mass is 19.1. The van der Waals surface area contributed by atoms with Crippen molar-refractivity contribution >= 4 is 0 Å². The molecule has 118 valence electrons. The van der Waals surface area contributed by atoms with Gasteiger partial charge in [0, 0.05) is 12.1 Å².